The zero-order valence-electron chi connectivity index (χ0n) is 16.1. The summed E-state index contributed by atoms with van der Waals surface area (Å²) in [6.45, 7) is 0.546. The monoisotopic (exact) mass is 394 g/mol. The van der Waals surface area contributed by atoms with Crippen LogP contribution in [0.2, 0.25) is 0 Å². The molecule has 2 aromatic carbocycles. The Morgan fingerprint density at radius 3 is 2.69 bits per heavy atom. The summed E-state index contributed by atoms with van der Waals surface area (Å²) in [5.41, 5.74) is 22.3. The van der Waals surface area contributed by atoms with Gasteiger partial charge in [-0.05, 0) is 48.4 Å². The van der Waals surface area contributed by atoms with Gasteiger partial charge in [0.05, 0.1) is 5.56 Å². The number of carboxylic acid groups (broad SMARTS) is 1. The topological polar surface area (TPSA) is 138 Å². The number of fused-ring (bicyclic) bond motifs is 1. The third-order valence-electron chi connectivity index (χ3n) is 5.68. The highest BCUT2D eigenvalue weighted by molar-refractivity contribution is 5.89. The number of aliphatic imine (C=N–C) groups is 1. The first-order chi connectivity index (χ1) is 13.9. The Kier molecular flexibility index (Phi) is 5.23. The molecule has 0 amide bonds. The third kappa shape index (κ3) is 4.09. The highest BCUT2D eigenvalue weighted by Gasteiger charge is 2.32. The van der Waals surface area contributed by atoms with Gasteiger partial charge in [-0.15, -0.1) is 0 Å². The lowest BCUT2D eigenvalue weighted by Crippen LogP contribution is -2.50. The number of aryl methyl sites for hydroxylation is 2. The normalized spacial score (nSPS) is 23.6. The van der Waals surface area contributed by atoms with Crippen molar-refractivity contribution < 1.29 is 9.90 Å². The minimum absolute atomic E-state index is 0.272. The summed E-state index contributed by atoms with van der Waals surface area (Å²) >= 11 is 0. The van der Waals surface area contributed by atoms with Crippen LogP contribution in [-0.2, 0) is 25.2 Å². The molecule has 0 spiro atoms. The first-order valence-electron chi connectivity index (χ1n) is 9.79. The summed E-state index contributed by atoms with van der Waals surface area (Å²) in [7, 11) is 0. The first kappa shape index (κ1) is 19.4. The molecule has 1 aliphatic carbocycles. The molecular formula is C21H26N6O2. The molecule has 2 atom stereocenters. The lowest BCUT2D eigenvalue weighted by molar-refractivity contribution is 0.0695. The number of hydrogen-bond donors (Lipinski definition) is 6. The molecule has 4 rings (SSSR count). The highest BCUT2D eigenvalue weighted by Crippen LogP contribution is 2.27. The summed E-state index contributed by atoms with van der Waals surface area (Å²) in [6.07, 6.45) is 3.85. The maximum absolute atomic E-state index is 11.4. The molecular weight excluding hydrogens is 368 g/mol. The Balaban J connectivity index is 1.43. The number of hydrogen-bond acceptors (Lipinski definition) is 7. The van der Waals surface area contributed by atoms with Crippen LogP contribution in [0, 0.1) is 0 Å². The van der Waals surface area contributed by atoms with E-state index in [-0.39, 0.29) is 5.96 Å². The number of nitrogens with zero attached hydrogens (tertiary/aromatic N) is 1. The molecule has 2 aromatic rings. The minimum Gasteiger partial charge on any atom is -0.478 e. The number of benzene rings is 2. The fourth-order valence-corrected chi connectivity index (χ4v) is 4.03. The fourth-order valence-electron chi connectivity index (χ4n) is 4.03. The molecule has 2 aliphatic rings. The summed E-state index contributed by atoms with van der Waals surface area (Å²) in [4.78, 5) is 15.7. The third-order valence-corrected chi connectivity index (χ3v) is 5.68. The highest BCUT2D eigenvalue weighted by atomic mass is 16.4. The van der Waals surface area contributed by atoms with Crippen molar-refractivity contribution in [2.45, 2.75) is 44.1 Å². The molecule has 0 bridgehead atoms. The number of aromatic carboxylic acids is 1. The van der Waals surface area contributed by atoms with Crippen LogP contribution in [0.5, 0.6) is 0 Å². The molecule has 0 saturated heterocycles. The van der Waals surface area contributed by atoms with Crippen LogP contribution in [0.25, 0.3) is 0 Å². The number of rotatable bonds is 5. The van der Waals surface area contributed by atoms with E-state index in [1.165, 1.54) is 11.1 Å². The van der Waals surface area contributed by atoms with Crippen LogP contribution in [0.4, 0.5) is 0 Å². The van der Waals surface area contributed by atoms with E-state index in [0.717, 1.165) is 36.8 Å². The van der Waals surface area contributed by atoms with Gasteiger partial charge < -0.3 is 16.2 Å². The van der Waals surface area contributed by atoms with E-state index in [2.05, 4.69) is 33.3 Å². The first-order valence-corrected chi connectivity index (χ1v) is 9.79. The van der Waals surface area contributed by atoms with Crippen LogP contribution in [0.1, 0.15) is 45.5 Å². The van der Waals surface area contributed by atoms with Crippen molar-refractivity contribution in [2.75, 3.05) is 0 Å². The van der Waals surface area contributed by atoms with E-state index < -0.39 is 11.8 Å². The second-order valence-electron chi connectivity index (χ2n) is 7.61. The molecule has 152 valence electrons. The lowest BCUT2D eigenvalue weighted by Gasteiger charge is -2.22. The zero-order chi connectivity index (χ0) is 20.4. The Labute approximate surface area is 169 Å². The molecule has 8 nitrogen and oxygen atoms in total. The maximum atomic E-state index is 11.4. The number of carboxylic acids is 1. The van der Waals surface area contributed by atoms with Crippen molar-refractivity contribution >= 4 is 11.9 Å². The van der Waals surface area contributed by atoms with Crippen molar-refractivity contribution in [3.05, 3.63) is 70.3 Å². The fraction of sp³-hybridized carbons (Fsp3) is 0.333. The van der Waals surface area contributed by atoms with E-state index in [9.17, 15) is 9.90 Å². The molecule has 1 unspecified atom stereocenters. The van der Waals surface area contributed by atoms with Gasteiger partial charge in [0.15, 0.2) is 0 Å². The average Bonchev–Trinajstić information content (AvgIpc) is 2.95. The molecule has 1 aliphatic heterocycles. The maximum Gasteiger partial charge on any atom is 0.336 e. The average molecular weight is 394 g/mol. The van der Waals surface area contributed by atoms with Crippen molar-refractivity contribution in [2.24, 2.45) is 16.5 Å². The standard InChI is InChI=1S/C21H26N6O2/c22-20-25-21(23,27-26-20)16-8-5-13-6-9-17(10-7-14(13)11-16)24-12-15-3-1-2-4-18(15)19(28)29/h1-5,8,11,17,24,27H,6-7,9-10,12,23H2,(H,28,29)(H3,22,25,26)/t17-,21?/m0/s1. The van der Waals surface area contributed by atoms with Gasteiger partial charge in [0.2, 0.25) is 11.7 Å². The Hall–Kier alpha value is -2.94. The van der Waals surface area contributed by atoms with E-state index in [1.54, 1.807) is 12.1 Å². The van der Waals surface area contributed by atoms with E-state index in [4.69, 9.17) is 11.5 Å². The summed E-state index contributed by atoms with van der Waals surface area (Å²) < 4.78 is 0. The van der Waals surface area contributed by atoms with Crippen molar-refractivity contribution in [3.8, 4) is 0 Å². The van der Waals surface area contributed by atoms with Crippen molar-refractivity contribution in [1.29, 1.82) is 0 Å². The van der Waals surface area contributed by atoms with Gasteiger partial charge in [-0.2, -0.15) is 5.43 Å². The Morgan fingerprint density at radius 2 is 1.97 bits per heavy atom. The van der Waals surface area contributed by atoms with Crippen molar-refractivity contribution in [1.82, 2.24) is 16.2 Å². The molecule has 1 heterocycles. The second kappa shape index (κ2) is 7.82. The van der Waals surface area contributed by atoms with Crippen molar-refractivity contribution in [3.63, 3.8) is 0 Å². The van der Waals surface area contributed by atoms with Crippen LogP contribution >= 0.6 is 0 Å². The molecule has 0 saturated carbocycles. The van der Waals surface area contributed by atoms with E-state index >= 15 is 0 Å². The van der Waals surface area contributed by atoms with Gasteiger partial charge in [0.25, 0.3) is 0 Å². The molecule has 0 radical (unpaired) electrons. The predicted octanol–water partition coefficient (Wildman–Crippen LogP) is 0.913. The number of guanidine groups is 1. The van der Waals surface area contributed by atoms with Gasteiger partial charge in [0.1, 0.15) is 0 Å². The largest absolute Gasteiger partial charge is 0.478 e. The quantitative estimate of drug-likeness (QED) is 0.415. The Bertz CT molecular complexity index is 960. The Morgan fingerprint density at radius 1 is 1.21 bits per heavy atom. The molecule has 0 aromatic heterocycles. The molecule has 8 heteroatoms. The number of carbonyl (C=O) groups is 1. The zero-order valence-corrected chi connectivity index (χ0v) is 16.1. The molecule has 8 N–H and O–H groups in total. The van der Waals surface area contributed by atoms with Gasteiger partial charge in [-0.3, -0.25) is 11.2 Å². The van der Waals surface area contributed by atoms with Gasteiger partial charge >= 0.3 is 5.97 Å². The van der Waals surface area contributed by atoms with Crippen LogP contribution in [0.3, 0.4) is 0 Å². The lowest BCUT2D eigenvalue weighted by atomic mass is 9.97. The van der Waals surface area contributed by atoms with E-state index in [0.29, 0.717) is 18.2 Å². The number of nitrogens with two attached hydrogens (primary N) is 2. The minimum atomic E-state index is -1.05. The smallest absolute Gasteiger partial charge is 0.336 e. The number of nitrogens with one attached hydrogen (secondary N) is 3. The SMILES string of the molecule is NC1=NC(N)(c2ccc3c(c2)CC[C@@H](NCc2ccccc2C(=O)O)CC3)NN1. The number of hydrazine groups is 1. The van der Waals surface area contributed by atoms with Gasteiger partial charge in [-0.1, -0.05) is 36.4 Å². The second-order valence-corrected chi connectivity index (χ2v) is 7.61. The van der Waals surface area contributed by atoms with Gasteiger partial charge in [0, 0.05) is 18.2 Å². The van der Waals surface area contributed by atoms with Gasteiger partial charge in [-0.25, -0.2) is 9.79 Å². The molecule has 0 fully saturated rings. The van der Waals surface area contributed by atoms with E-state index in [1.807, 2.05) is 18.2 Å². The van der Waals surface area contributed by atoms with Crippen LogP contribution in [0.15, 0.2) is 47.5 Å². The molecule has 29 heavy (non-hydrogen) atoms. The van der Waals surface area contributed by atoms with Crippen LogP contribution < -0.4 is 27.6 Å². The summed E-state index contributed by atoms with van der Waals surface area (Å²) in [5.74, 6) is -1.67. The van der Waals surface area contributed by atoms with Crippen LogP contribution in [-0.4, -0.2) is 23.1 Å². The summed E-state index contributed by atoms with van der Waals surface area (Å²) in [6, 6.07) is 13.7. The predicted molar refractivity (Wildman–Crippen MR) is 111 cm³/mol. The summed E-state index contributed by atoms with van der Waals surface area (Å²) in [5, 5.41) is 12.9.